The first-order valence-corrected chi connectivity index (χ1v) is 7.13. The summed E-state index contributed by atoms with van der Waals surface area (Å²) in [4.78, 5) is 10.8. The zero-order valence-corrected chi connectivity index (χ0v) is 13.8. The summed E-state index contributed by atoms with van der Waals surface area (Å²) in [6.45, 7) is 8.92. The van der Waals surface area contributed by atoms with Crippen molar-refractivity contribution in [3.8, 4) is 0 Å². The number of hydroxylamine groups is 1. The third kappa shape index (κ3) is 6.32. The molecule has 1 aromatic rings. The summed E-state index contributed by atoms with van der Waals surface area (Å²) in [7, 11) is 1.92. The van der Waals surface area contributed by atoms with Gasteiger partial charge in [0.1, 0.15) is 0 Å². The topological polar surface area (TPSA) is 36.9 Å². The lowest BCUT2D eigenvalue weighted by Crippen LogP contribution is -2.23. The molecule has 0 saturated carbocycles. The molecule has 0 fully saturated rings. The van der Waals surface area contributed by atoms with Gasteiger partial charge in [-0.15, -0.1) is 0 Å². The van der Waals surface area contributed by atoms with Crippen molar-refractivity contribution >= 4 is 17.7 Å². The summed E-state index contributed by atoms with van der Waals surface area (Å²) < 4.78 is 36.2. The molecule has 1 rings (SSSR count). The number of aliphatic imine (C=N–C) groups is 1. The van der Waals surface area contributed by atoms with Gasteiger partial charge in [0.25, 0.3) is 0 Å². The minimum atomic E-state index is -4.39. The van der Waals surface area contributed by atoms with E-state index in [-0.39, 0.29) is 5.70 Å². The minimum Gasteiger partial charge on any atom is -0.366 e. The van der Waals surface area contributed by atoms with Crippen LogP contribution >= 0.6 is 0 Å². The van der Waals surface area contributed by atoms with Crippen molar-refractivity contribution in [3.63, 3.8) is 0 Å². The van der Waals surface area contributed by atoms with E-state index in [2.05, 4.69) is 21.9 Å². The molecule has 7 heteroatoms. The molecule has 1 N–H and O–H groups in total. The van der Waals surface area contributed by atoms with E-state index in [4.69, 9.17) is 0 Å². The molecule has 0 unspecified atom stereocenters. The van der Waals surface area contributed by atoms with Gasteiger partial charge in [0.05, 0.1) is 17.7 Å². The van der Waals surface area contributed by atoms with Crippen molar-refractivity contribution < 1.29 is 18.0 Å². The van der Waals surface area contributed by atoms with Crippen LogP contribution in [0.15, 0.2) is 23.7 Å². The van der Waals surface area contributed by atoms with E-state index in [1.807, 2.05) is 44.9 Å². The second kappa shape index (κ2) is 8.01. The van der Waals surface area contributed by atoms with Gasteiger partial charge >= 0.3 is 6.18 Å². The van der Waals surface area contributed by atoms with Crippen LogP contribution in [0, 0.1) is 13.8 Å². The second-order valence-corrected chi connectivity index (χ2v) is 5.26. The number of nitrogens with zero attached hydrogens (tertiary/aromatic N) is 2. The first-order valence-electron chi connectivity index (χ1n) is 7.13. The van der Waals surface area contributed by atoms with Crippen molar-refractivity contribution in [1.29, 1.82) is 0 Å². The Balaban J connectivity index is 2.83. The van der Waals surface area contributed by atoms with Crippen molar-refractivity contribution in [2.45, 2.75) is 26.9 Å². The number of aryl methyl sites for hydroxylation is 2. The van der Waals surface area contributed by atoms with Gasteiger partial charge in [-0.1, -0.05) is 6.58 Å². The molecule has 0 atom stereocenters. The van der Waals surface area contributed by atoms with Crippen molar-refractivity contribution in [3.05, 3.63) is 35.4 Å². The van der Waals surface area contributed by atoms with Crippen LogP contribution in [0.5, 0.6) is 0 Å². The molecule has 0 aromatic heterocycles. The van der Waals surface area contributed by atoms with E-state index in [9.17, 15) is 13.2 Å². The minimum absolute atomic E-state index is 0.274. The van der Waals surface area contributed by atoms with E-state index in [1.165, 1.54) is 0 Å². The van der Waals surface area contributed by atoms with E-state index < -0.39 is 12.8 Å². The van der Waals surface area contributed by atoms with Crippen LogP contribution in [0.25, 0.3) is 5.70 Å². The van der Waals surface area contributed by atoms with Crippen molar-refractivity contribution in [1.82, 2.24) is 10.4 Å². The van der Waals surface area contributed by atoms with E-state index in [1.54, 1.807) is 6.34 Å². The third-order valence-corrected chi connectivity index (χ3v) is 3.19. The number of rotatable bonds is 7. The fraction of sp³-hybridized carbons (Fsp3) is 0.438. The van der Waals surface area contributed by atoms with Gasteiger partial charge in [-0.05, 0) is 44.0 Å². The Morgan fingerprint density at radius 1 is 1.35 bits per heavy atom. The second-order valence-electron chi connectivity index (χ2n) is 5.26. The Morgan fingerprint density at radius 3 is 2.57 bits per heavy atom. The quantitative estimate of drug-likeness (QED) is 0.467. The van der Waals surface area contributed by atoms with Gasteiger partial charge in [-0.2, -0.15) is 13.2 Å². The van der Waals surface area contributed by atoms with Gasteiger partial charge in [-0.25, -0.2) is 4.99 Å². The number of benzene rings is 1. The molecule has 0 aliphatic rings. The smallest absolute Gasteiger partial charge is 0.366 e. The van der Waals surface area contributed by atoms with E-state index >= 15 is 0 Å². The number of hydrogen-bond donors (Lipinski definition) is 1. The van der Waals surface area contributed by atoms with Crippen LogP contribution < -0.4 is 5.48 Å². The predicted molar refractivity (Wildman–Crippen MR) is 86.5 cm³/mol. The zero-order valence-electron chi connectivity index (χ0n) is 13.8. The Kier molecular flexibility index (Phi) is 6.62. The maximum atomic E-state index is 12.1. The summed E-state index contributed by atoms with van der Waals surface area (Å²) in [5.41, 5.74) is 5.74. The van der Waals surface area contributed by atoms with Crippen LogP contribution in [0.4, 0.5) is 18.9 Å². The van der Waals surface area contributed by atoms with E-state index in [0.717, 1.165) is 23.4 Å². The number of alkyl halides is 3. The van der Waals surface area contributed by atoms with Gasteiger partial charge in [-0.3, -0.25) is 10.3 Å². The molecule has 0 bridgehead atoms. The highest BCUT2D eigenvalue weighted by Crippen LogP contribution is 2.26. The molecular weight excluding hydrogens is 307 g/mol. The standard InChI is InChI=1S/C16H22F3N3O/c1-6-22(5)10-20-15-8-11(2)14(7-12(15)3)13(4)21-23-9-16(17,18)19/h7-8,10,21H,4,6,9H2,1-3,5H3. The van der Waals surface area contributed by atoms with Gasteiger partial charge in [0.15, 0.2) is 6.61 Å². The molecule has 0 spiro atoms. The van der Waals surface area contributed by atoms with Crippen LogP contribution in [0.1, 0.15) is 23.6 Å². The van der Waals surface area contributed by atoms with Crippen LogP contribution in [0.2, 0.25) is 0 Å². The molecule has 23 heavy (non-hydrogen) atoms. The molecule has 0 heterocycles. The van der Waals surface area contributed by atoms with Crippen molar-refractivity contribution in [2.24, 2.45) is 4.99 Å². The first kappa shape index (κ1) is 19.0. The lowest BCUT2D eigenvalue weighted by molar-refractivity contribution is -0.183. The molecule has 4 nitrogen and oxygen atoms in total. The number of nitrogens with one attached hydrogen (secondary N) is 1. The molecule has 0 amide bonds. The average molecular weight is 329 g/mol. The largest absolute Gasteiger partial charge is 0.414 e. The lowest BCUT2D eigenvalue weighted by atomic mass is 10.0. The summed E-state index contributed by atoms with van der Waals surface area (Å²) in [5.74, 6) is 0. The molecular formula is C16H22F3N3O. The number of halogens is 3. The average Bonchev–Trinajstić information content (AvgIpc) is 2.45. The maximum Gasteiger partial charge on any atom is 0.414 e. The summed E-state index contributed by atoms with van der Waals surface area (Å²) in [6.07, 6.45) is -2.65. The highest BCUT2D eigenvalue weighted by atomic mass is 19.4. The first-order chi connectivity index (χ1) is 10.6. The summed E-state index contributed by atoms with van der Waals surface area (Å²) >= 11 is 0. The Bertz CT molecular complexity index is 583. The SMILES string of the molecule is C=C(NOCC(F)(F)F)c1cc(C)c(N=CN(C)CC)cc1C. The molecule has 128 valence electrons. The van der Waals surface area contributed by atoms with Gasteiger partial charge in [0, 0.05) is 19.2 Å². The Hall–Kier alpha value is -2.02. The predicted octanol–water partition coefficient (Wildman–Crippen LogP) is 3.97. The highest BCUT2D eigenvalue weighted by molar-refractivity contribution is 5.70. The molecule has 0 aliphatic heterocycles. The molecule has 1 aromatic carbocycles. The highest BCUT2D eigenvalue weighted by Gasteiger charge is 2.28. The fourth-order valence-electron chi connectivity index (χ4n) is 1.77. The number of hydrogen-bond acceptors (Lipinski definition) is 3. The van der Waals surface area contributed by atoms with Crippen LogP contribution in [-0.2, 0) is 4.84 Å². The van der Waals surface area contributed by atoms with Crippen LogP contribution in [-0.4, -0.2) is 37.6 Å². The maximum absolute atomic E-state index is 12.1. The van der Waals surface area contributed by atoms with Crippen molar-refractivity contribution in [2.75, 3.05) is 20.2 Å². The van der Waals surface area contributed by atoms with Gasteiger partial charge in [0.2, 0.25) is 0 Å². The monoisotopic (exact) mass is 329 g/mol. The lowest BCUT2D eigenvalue weighted by Gasteiger charge is -2.15. The summed E-state index contributed by atoms with van der Waals surface area (Å²) in [5, 5.41) is 0. The van der Waals surface area contributed by atoms with Crippen LogP contribution in [0.3, 0.4) is 0 Å². The van der Waals surface area contributed by atoms with E-state index in [0.29, 0.717) is 5.56 Å². The Morgan fingerprint density at radius 2 is 2.00 bits per heavy atom. The molecule has 0 radical (unpaired) electrons. The zero-order chi connectivity index (χ0) is 17.6. The van der Waals surface area contributed by atoms with Gasteiger partial charge < -0.3 is 4.90 Å². The third-order valence-electron chi connectivity index (χ3n) is 3.19. The normalized spacial score (nSPS) is 11.8. The fourth-order valence-corrected chi connectivity index (χ4v) is 1.77. The summed E-state index contributed by atoms with van der Waals surface area (Å²) in [6, 6.07) is 3.68. The molecule has 0 aliphatic carbocycles. The Labute approximate surface area is 134 Å². The molecule has 0 saturated heterocycles.